The highest BCUT2D eigenvalue weighted by atomic mass is 35.5. The Kier molecular flexibility index (Phi) is 5.45. The summed E-state index contributed by atoms with van der Waals surface area (Å²) in [5.41, 5.74) is 0.405. The topological polar surface area (TPSA) is 102 Å². The van der Waals surface area contributed by atoms with Crippen molar-refractivity contribution in [2.75, 3.05) is 30.9 Å². The molecule has 0 atom stereocenters. The first kappa shape index (κ1) is 15.9. The minimum atomic E-state index is -0.534. The highest BCUT2D eigenvalue weighted by Crippen LogP contribution is 2.31. The first-order chi connectivity index (χ1) is 10.6. The molecular weight excluding hydrogens is 310 g/mol. The molecule has 0 unspecified atom stereocenters. The van der Waals surface area contributed by atoms with Gasteiger partial charge in [-0.1, -0.05) is 11.6 Å². The number of rotatable bonds is 7. The maximum Gasteiger partial charge on any atom is 0.353 e. The molecule has 22 heavy (non-hydrogen) atoms. The molecule has 0 amide bonds. The van der Waals surface area contributed by atoms with Crippen molar-refractivity contribution in [3.05, 3.63) is 45.7 Å². The van der Waals surface area contributed by atoms with Crippen LogP contribution in [-0.4, -0.2) is 35.2 Å². The molecule has 0 aliphatic carbocycles. The van der Waals surface area contributed by atoms with Crippen molar-refractivity contribution >= 4 is 34.6 Å². The molecule has 0 radical (unpaired) electrons. The molecule has 2 aromatic rings. The van der Waals surface area contributed by atoms with E-state index in [-0.39, 0.29) is 17.3 Å². The summed E-state index contributed by atoms with van der Waals surface area (Å²) in [6.45, 7) is 0.801. The number of nitro groups is 1. The number of benzene rings is 1. The quantitative estimate of drug-likeness (QED) is 0.459. The van der Waals surface area contributed by atoms with Crippen molar-refractivity contribution < 1.29 is 9.66 Å². The Hall–Kier alpha value is -2.45. The summed E-state index contributed by atoms with van der Waals surface area (Å²) < 4.78 is 4.90. The van der Waals surface area contributed by atoms with Crippen LogP contribution >= 0.6 is 11.6 Å². The summed E-state index contributed by atoms with van der Waals surface area (Å²) >= 11 is 5.81. The van der Waals surface area contributed by atoms with Crippen molar-refractivity contribution in [2.24, 2.45) is 0 Å². The predicted molar refractivity (Wildman–Crippen MR) is 83.8 cm³/mol. The number of nitrogens with one attached hydrogen (secondary N) is 2. The van der Waals surface area contributed by atoms with Crippen molar-refractivity contribution in [3.63, 3.8) is 0 Å². The Morgan fingerprint density at radius 2 is 1.95 bits per heavy atom. The fourth-order valence-electron chi connectivity index (χ4n) is 1.71. The van der Waals surface area contributed by atoms with Crippen LogP contribution in [0.5, 0.6) is 0 Å². The van der Waals surface area contributed by atoms with Gasteiger partial charge in [-0.05, 0) is 24.3 Å². The van der Waals surface area contributed by atoms with Crippen LogP contribution in [0.3, 0.4) is 0 Å². The van der Waals surface area contributed by atoms with E-state index in [1.165, 1.54) is 6.33 Å². The molecule has 8 nitrogen and oxygen atoms in total. The van der Waals surface area contributed by atoms with E-state index in [0.717, 1.165) is 0 Å². The maximum absolute atomic E-state index is 11.3. The molecule has 0 fully saturated rings. The fourth-order valence-corrected chi connectivity index (χ4v) is 1.84. The zero-order chi connectivity index (χ0) is 15.9. The van der Waals surface area contributed by atoms with E-state index >= 15 is 0 Å². The Morgan fingerprint density at radius 3 is 2.59 bits per heavy atom. The van der Waals surface area contributed by atoms with Crippen LogP contribution in [-0.2, 0) is 4.74 Å². The van der Waals surface area contributed by atoms with Gasteiger partial charge in [-0.3, -0.25) is 10.1 Å². The third-order valence-corrected chi connectivity index (χ3v) is 2.96. The number of halogens is 1. The Bertz CT molecular complexity index is 651. The van der Waals surface area contributed by atoms with Crippen LogP contribution in [0.2, 0.25) is 5.02 Å². The highest BCUT2D eigenvalue weighted by molar-refractivity contribution is 6.30. The minimum absolute atomic E-state index is 0.0993. The highest BCUT2D eigenvalue weighted by Gasteiger charge is 2.22. The van der Waals surface area contributed by atoms with Crippen LogP contribution in [0, 0.1) is 10.1 Å². The molecule has 0 aliphatic heterocycles. The lowest BCUT2D eigenvalue weighted by Gasteiger charge is -2.09. The third kappa shape index (κ3) is 4.03. The summed E-state index contributed by atoms with van der Waals surface area (Å²) in [5, 5.41) is 17.6. The third-order valence-electron chi connectivity index (χ3n) is 2.71. The molecule has 1 aromatic heterocycles. The van der Waals surface area contributed by atoms with Gasteiger partial charge in [-0.15, -0.1) is 0 Å². The van der Waals surface area contributed by atoms with Crippen LogP contribution < -0.4 is 10.6 Å². The lowest BCUT2D eigenvalue weighted by molar-refractivity contribution is -0.383. The van der Waals surface area contributed by atoms with Crippen LogP contribution in [0.25, 0.3) is 0 Å². The van der Waals surface area contributed by atoms with Gasteiger partial charge in [0.1, 0.15) is 6.33 Å². The summed E-state index contributed by atoms with van der Waals surface area (Å²) in [7, 11) is 1.55. The average Bonchev–Trinajstić information content (AvgIpc) is 2.50. The standard InChI is InChI=1S/C13H14ClN5O3/c1-22-7-6-15-12-11(19(20)21)13(17-8-16-12)18-10-4-2-9(14)3-5-10/h2-5,8H,6-7H2,1H3,(H2,15,16,17,18). The summed E-state index contributed by atoms with van der Waals surface area (Å²) in [6.07, 6.45) is 1.25. The van der Waals surface area contributed by atoms with E-state index in [1.54, 1.807) is 31.4 Å². The predicted octanol–water partition coefficient (Wildman–Crippen LogP) is 2.84. The normalized spacial score (nSPS) is 10.3. The summed E-state index contributed by atoms with van der Waals surface area (Å²) in [5.74, 6) is 0.232. The average molecular weight is 324 g/mol. The Morgan fingerprint density at radius 1 is 1.27 bits per heavy atom. The van der Waals surface area contributed by atoms with E-state index in [4.69, 9.17) is 16.3 Å². The van der Waals surface area contributed by atoms with Gasteiger partial charge in [0, 0.05) is 24.4 Å². The molecule has 0 saturated heterocycles. The zero-order valence-electron chi connectivity index (χ0n) is 11.7. The lowest BCUT2D eigenvalue weighted by Crippen LogP contribution is -2.12. The molecule has 2 N–H and O–H groups in total. The molecule has 1 heterocycles. The number of ether oxygens (including phenoxy) is 1. The van der Waals surface area contributed by atoms with Crippen LogP contribution in [0.1, 0.15) is 0 Å². The second-order valence-electron chi connectivity index (χ2n) is 4.23. The van der Waals surface area contributed by atoms with Gasteiger partial charge in [-0.25, -0.2) is 9.97 Å². The van der Waals surface area contributed by atoms with Gasteiger partial charge in [-0.2, -0.15) is 0 Å². The monoisotopic (exact) mass is 323 g/mol. The SMILES string of the molecule is COCCNc1ncnc(Nc2ccc(Cl)cc2)c1[N+](=O)[O-]. The number of methoxy groups -OCH3 is 1. The minimum Gasteiger partial charge on any atom is -0.383 e. The molecule has 1 aromatic carbocycles. The summed E-state index contributed by atoms with van der Waals surface area (Å²) in [6, 6.07) is 6.75. The van der Waals surface area contributed by atoms with Crippen molar-refractivity contribution in [2.45, 2.75) is 0 Å². The van der Waals surface area contributed by atoms with E-state index in [0.29, 0.717) is 23.9 Å². The molecular formula is C13H14ClN5O3. The molecule has 9 heteroatoms. The van der Waals surface area contributed by atoms with Gasteiger partial charge >= 0.3 is 5.69 Å². The van der Waals surface area contributed by atoms with Gasteiger partial charge in [0.15, 0.2) is 0 Å². The van der Waals surface area contributed by atoms with Gasteiger partial charge in [0.05, 0.1) is 11.5 Å². The van der Waals surface area contributed by atoms with Gasteiger partial charge in [0.25, 0.3) is 0 Å². The molecule has 0 saturated carbocycles. The molecule has 0 spiro atoms. The largest absolute Gasteiger partial charge is 0.383 e. The number of hydrogen-bond donors (Lipinski definition) is 2. The van der Waals surface area contributed by atoms with Crippen LogP contribution in [0.4, 0.5) is 23.0 Å². The van der Waals surface area contributed by atoms with Gasteiger partial charge in [0.2, 0.25) is 11.6 Å². The lowest BCUT2D eigenvalue weighted by atomic mass is 10.3. The van der Waals surface area contributed by atoms with Crippen molar-refractivity contribution in [1.82, 2.24) is 9.97 Å². The first-order valence-corrected chi connectivity index (χ1v) is 6.74. The van der Waals surface area contributed by atoms with E-state index < -0.39 is 4.92 Å². The first-order valence-electron chi connectivity index (χ1n) is 6.36. The molecule has 2 rings (SSSR count). The number of anilines is 3. The number of hydrogen-bond acceptors (Lipinski definition) is 7. The second kappa shape index (κ2) is 7.53. The molecule has 0 aliphatic rings. The second-order valence-corrected chi connectivity index (χ2v) is 4.66. The van der Waals surface area contributed by atoms with E-state index in [2.05, 4.69) is 20.6 Å². The number of nitrogens with zero attached hydrogens (tertiary/aromatic N) is 3. The van der Waals surface area contributed by atoms with E-state index in [1.807, 2.05) is 0 Å². The summed E-state index contributed by atoms with van der Waals surface area (Å²) in [4.78, 5) is 18.6. The Balaban J connectivity index is 2.27. The smallest absolute Gasteiger partial charge is 0.353 e. The fraction of sp³-hybridized carbons (Fsp3) is 0.231. The van der Waals surface area contributed by atoms with Gasteiger partial charge < -0.3 is 15.4 Å². The maximum atomic E-state index is 11.3. The van der Waals surface area contributed by atoms with Crippen LogP contribution in [0.15, 0.2) is 30.6 Å². The van der Waals surface area contributed by atoms with E-state index in [9.17, 15) is 10.1 Å². The number of aromatic nitrogens is 2. The zero-order valence-corrected chi connectivity index (χ0v) is 12.5. The van der Waals surface area contributed by atoms with Crippen molar-refractivity contribution in [3.8, 4) is 0 Å². The van der Waals surface area contributed by atoms with Crippen molar-refractivity contribution in [1.29, 1.82) is 0 Å². The Labute approximate surface area is 131 Å². The molecule has 0 bridgehead atoms. The molecule has 116 valence electrons.